The smallest absolute Gasteiger partial charge is 0.243 e. The third kappa shape index (κ3) is 14.9. The summed E-state index contributed by atoms with van der Waals surface area (Å²) < 4.78 is 0. The van der Waals surface area contributed by atoms with Crippen molar-refractivity contribution >= 4 is 47.3 Å². The number of phenols is 1. The second kappa shape index (κ2) is 21.9. The van der Waals surface area contributed by atoms with Gasteiger partial charge in [0.25, 0.3) is 0 Å². The molecule has 1 saturated heterocycles. The lowest BCUT2D eigenvalue weighted by atomic mass is 9.99. The highest BCUT2D eigenvalue weighted by Gasteiger charge is 2.35. The zero-order chi connectivity index (χ0) is 42.2. The molecule has 0 aromatic heterocycles. The fourth-order valence-corrected chi connectivity index (χ4v) is 5.98. The molecular weight excluding hydrogens is 738 g/mol. The number of nitrogens with one attached hydrogen (secondary N) is 7. The van der Waals surface area contributed by atoms with E-state index in [0.29, 0.717) is 11.1 Å². The molecule has 2 aromatic carbocycles. The number of phenolic OH excluding ortho intramolecular Hbond substituents is 1. The van der Waals surface area contributed by atoms with Crippen molar-refractivity contribution in [1.82, 2.24) is 37.2 Å². The first-order valence-corrected chi connectivity index (χ1v) is 18.9. The van der Waals surface area contributed by atoms with Crippen LogP contribution in [0, 0.1) is 11.8 Å². The Bertz CT molecular complexity index is 1740. The second-order valence-electron chi connectivity index (χ2n) is 14.7. The van der Waals surface area contributed by atoms with Crippen molar-refractivity contribution in [3.05, 3.63) is 65.7 Å². The number of aromatic hydroxyl groups is 1. The van der Waals surface area contributed by atoms with Gasteiger partial charge in [0.2, 0.25) is 47.3 Å². The van der Waals surface area contributed by atoms with E-state index in [-0.39, 0.29) is 38.0 Å². The minimum Gasteiger partial charge on any atom is -0.508 e. The molecule has 0 spiro atoms. The van der Waals surface area contributed by atoms with Crippen LogP contribution in [0.3, 0.4) is 0 Å². The van der Waals surface area contributed by atoms with Gasteiger partial charge in [0.15, 0.2) is 0 Å². The Kier molecular flexibility index (Phi) is 17.4. The molecule has 12 N–H and O–H groups in total. The van der Waals surface area contributed by atoms with Gasteiger partial charge in [0.1, 0.15) is 36.0 Å². The fraction of sp³-hybridized carbons (Fsp3) is 0.487. The van der Waals surface area contributed by atoms with E-state index < -0.39 is 108 Å². The van der Waals surface area contributed by atoms with Crippen LogP contribution in [0.15, 0.2) is 54.6 Å². The monoisotopic (exact) mass is 793 g/mol. The Hall–Kier alpha value is -6.04. The summed E-state index contributed by atoms with van der Waals surface area (Å²) in [4.78, 5) is 106. The van der Waals surface area contributed by atoms with E-state index in [9.17, 15) is 43.5 Å². The molecule has 1 aliphatic heterocycles. The Morgan fingerprint density at radius 2 is 1.44 bits per heavy atom. The average Bonchev–Trinajstić information content (AvgIpc) is 3.16. The molecule has 0 radical (unpaired) electrons. The van der Waals surface area contributed by atoms with Gasteiger partial charge in [-0.25, -0.2) is 0 Å². The Morgan fingerprint density at radius 3 is 2.05 bits per heavy atom. The summed E-state index contributed by atoms with van der Waals surface area (Å²) in [6.07, 6.45) is -0.143. The molecule has 1 aliphatic rings. The van der Waals surface area contributed by atoms with Crippen molar-refractivity contribution in [2.75, 3.05) is 13.1 Å². The number of benzene rings is 2. The van der Waals surface area contributed by atoms with E-state index in [1.807, 2.05) is 0 Å². The van der Waals surface area contributed by atoms with E-state index in [1.165, 1.54) is 12.1 Å². The number of amides is 8. The maximum atomic E-state index is 14.0. The van der Waals surface area contributed by atoms with E-state index in [2.05, 4.69) is 37.2 Å². The van der Waals surface area contributed by atoms with Crippen LogP contribution in [0.4, 0.5) is 0 Å². The topological polar surface area (TPSA) is 293 Å². The lowest BCUT2D eigenvalue weighted by molar-refractivity contribution is -0.137. The average molecular weight is 794 g/mol. The first-order chi connectivity index (χ1) is 26.9. The first-order valence-electron chi connectivity index (χ1n) is 18.9. The number of hydrogen-bond acceptors (Lipinski definition) is 10. The highest BCUT2D eigenvalue weighted by molar-refractivity contribution is 5.98. The van der Waals surface area contributed by atoms with Crippen LogP contribution in [0.25, 0.3) is 0 Å². The van der Waals surface area contributed by atoms with Gasteiger partial charge >= 0.3 is 0 Å². The molecule has 0 unspecified atom stereocenters. The SMILES string of the molecule is CC(C)[C@H](NC(=O)[C@@H]1CC(=O)NCCC[C@@H](NC(=O)[C@@H](N)Cc2ccc(O)cc2)C(=O)N[C@@H](Cc2ccccc2)C(=O)N1)C(=O)N[C@H](C(=O)NCC(N)=O)C(C)C. The standard InChI is InChI=1S/C39H55N9O9/c1-21(2)32(38(56)43-20-30(41)50)48-39(57)33(22(3)4)47-37(55)29-19-31(51)42-16-8-11-27(44-34(52)26(40)17-24-12-14-25(49)15-13-24)35(53)45-28(36(54)46-29)18-23-9-6-5-7-10-23/h5-7,9-10,12-15,21-22,26-29,32-33,49H,8,11,16-20,40H2,1-4H3,(H2,41,50)(H,42,51)(H,43,56)(H,44,52)(H,45,53)(H,46,54)(H,47,55)(H,48,57)/t26-,27+,28-,29-,32-,33-/m0/s1. The second-order valence-corrected chi connectivity index (χ2v) is 14.7. The highest BCUT2D eigenvalue weighted by Crippen LogP contribution is 2.13. The predicted octanol–water partition coefficient (Wildman–Crippen LogP) is -1.86. The summed E-state index contributed by atoms with van der Waals surface area (Å²) in [5, 5.41) is 27.8. The van der Waals surface area contributed by atoms with Crippen LogP contribution < -0.4 is 48.7 Å². The first kappa shape index (κ1) is 45.4. The molecule has 0 saturated carbocycles. The molecule has 0 aliphatic carbocycles. The Labute approximate surface area is 331 Å². The van der Waals surface area contributed by atoms with E-state index in [0.717, 1.165) is 0 Å². The van der Waals surface area contributed by atoms with Crippen LogP contribution in [0.1, 0.15) is 58.1 Å². The van der Waals surface area contributed by atoms with Crippen molar-refractivity contribution in [2.24, 2.45) is 23.3 Å². The molecule has 3 rings (SSSR count). The van der Waals surface area contributed by atoms with Crippen molar-refractivity contribution in [3.63, 3.8) is 0 Å². The van der Waals surface area contributed by atoms with E-state index in [4.69, 9.17) is 11.5 Å². The van der Waals surface area contributed by atoms with Gasteiger partial charge in [-0.2, -0.15) is 0 Å². The number of carbonyl (C=O) groups is 8. The molecular formula is C39H55N9O9. The molecule has 18 heteroatoms. The van der Waals surface area contributed by atoms with E-state index >= 15 is 0 Å². The molecule has 6 atom stereocenters. The van der Waals surface area contributed by atoms with Gasteiger partial charge in [-0.15, -0.1) is 0 Å². The minimum absolute atomic E-state index is 0.0224. The van der Waals surface area contributed by atoms with Crippen LogP contribution in [-0.4, -0.2) is 102 Å². The lowest BCUT2D eigenvalue weighted by Crippen LogP contribution is -2.61. The number of hydrogen-bond donors (Lipinski definition) is 10. The molecule has 8 amide bonds. The van der Waals surface area contributed by atoms with Crippen LogP contribution in [0.2, 0.25) is 0 Å². The minimum atomic E-state index is -1.50. The van der Waals surface area contributed by atoms with Crippen molar-refractivity contribution in [2.45, 2.75) is 96.1 Å². The predicted molar refractivity (Wildman–Crippen MR) is 208 cm³/mol. The summed E-state index contributed by atoms with van der Waals surface area (Å²) in [6.45, 7) is 6.27. The number of nitrogens with two attached hydrogens (primary N) is 2. The van der Waals surface area contributed by atoms with Gasteiger partial charge in [0.05, 0.1) is 19.0 Å². The molecule has 2 aromatic rings. The summed E-state index contributed by atoms with van der Waals surface area (Å²) in [7, 11) is 0. The zero-order valence-corrected chi connectivity index (χ0v) is 32.6. The molecule has 57 heavy (non-hydrogen) atoms. The van der Waals surface area contributed by atoms with Gasteiger partial charge in [-0.05, 0) is 54.4 Å². The van der Waals surface area contributed by atoms with Gasteiger partial charge < -0.3 is 53.8 Å². The molecule has 1 heterocycles. The van der Waals surface area contributed by atoms with Crippen LogP contribution in [0.5, 0.6) is 5.75 Å². The van der Waals surface area contributed by atoms with Gasteiger partial charge in [0, 0.05) is 13.0 Å². The van der Waals surface area contributed by atoms with E-state index in [1.54, 1.807) is 70.2 Å². The maximum Gasteiger partial charge on any atom is 0.243 e. The number of primary amides is 1. The summed E-state index contributed by atoms with van der Waals surface area (Å²) in [5.41, 5.74) is 12.7. The summed E-state index contributed by atoms with van der Waals surface area (Å²) >= 11 is 0. The number of carbonyl (C=O) groups excluding carboxylic acids is 8. The quantitative estimate of drug-likeness (QED) is 0.0960. The normalized spacial score (nSPS) is 19.5. The largest absolute Gasteiger partial charge is 0.508 e. The lowest BCUT2D eigenvalue weighted by Gasteiger charge is -2.29. The van der Waals surface area contributed by atoms with Crippen LogP contribution >= 0.6 is 0 Å². The Balaban J connectivity index is 1.84. The van der Waals surface area contributed by atoms with Crippen molar-refractivity contribution in [1.29, 1.82) is 0 Å². The van der Waals surface area contributed by atoms with Crippen molar-refractivity contribution in [3.8, 4) is 5.75 Å². The Morgan fingerprint density at radius 1 is 0.807 bits per heavy atom. The third-order valence-electron chi connectivity index (χ3n) is 9.22. The van der Waals surface area contributed by atoms with Crippen molar-refractivity contribution < 1.29 is 43.5 Å². The maximum absolute atomic E-state index is 14.0. The molecule has 1 fully saturated rings. The fourth-order valence-electron chi connectivity index (χ4n) is 5.98. The molecule has 310 valence electrons. The molecule has 0 bridgehead atoms. The highest BCUT2D eigenvalue weighted by atomic mass is 16.3. The van der Waals surface area contributed by atoms with Gasteiger partial charge in [-0.3, -0.25) is 38.4 Å². The van der Waals surface area contributed by atoms with Crippen LogP contribution in [-0.2, 0) is 51.2 Å². The third-order valence-corrected chi connectivity index (χ3v) is 9.22. The molecule has 18 nitrogen and oxygen atoms in total. The summed E-state index contributed by atoms with van der Waals surface area (Å²) in [5.74, 6) is -6.68. The summed E-state index contributed by atoms with van der Waals surface area (Å²) in [6, 6.07) is 7.61. The van der Waals surface area contributed by atoms with Gasteiger partial charge in [-0.1, -0.05) is 70.2 Å². The number of rotatable bonds is 15. The zero-order valence-electron chi connectivity index (χ0n) is 32.6.